The summed E-state index contributed by atoms with van der Waals surface area (Å²) in [5.74, 6) is 5.56. The summed E-state index contributed by atoms with van der Waals surface area (Å²) in [5, 5.41) is 47.9. The van der Waals surface area contributed by atoms with Gasteiger partial charge >= 0.3 is 6.09 Å². The second-order valence-electron chi connectivity index (χ2n) is 14.9. The number of fused-ring (bicyclic) bond motifs is 1. The number of amides is 1. The number of nitrogens with two attached hydrogens (primary N) is 1. The number of hydrogen-bond donors (Lipinski definition) is 6. The molecule has 2 fully saturated rings. The molecule has 10 heteroatoms. The number of aliphatic hydroxyl groups is 4. The highest BCUT2D eigenvalue weighted by atomic mass is 16.6. The van der Waals surface area contributed by atoms with Crippen LogP contribution in [0.2, 0.25) is 0 Å². The normalized spacial score (nSPS) is 32.3. The van der Waals surface area contributed by atoms with Crippen LogP contribution in [-0.4, -0.2) is 69.9 Å². The fourth-order valence-corrected chi connectivity index (χ4v) is 8.68. The van der Waals surface area contributed by atoms with E-state index in [0.717, 1.165) is 16.7 Å². The second-order valence-corrected chi connectivity index (χ2v) is 14.9. The van der Waals surface area contributed by atoms with Gasteiger partial charge in [0.1, 0.15) is 18.5 Å². The maximum absolute atomic E-state index is 14.1. The average Bonchev–Trinajstić information content (AvgIpc) is 3.45. The highest BCUT2D eigenvalue weighted by Gasteiger charge is 2.64. The molecule has 1 amide bonds. The Balaban J connectivity index is 1.48. The van der Waals surface area contributed by atoms with Gasteiger partial charge in [0.25, 0.3) is 0 Å². The molecule has 1 aromatic carbocycles. The molecule has 10 nitrogen and oxygen atoms in total. The van der Waals surface area contributed by atoms with Gasteiger partial charge in [0.15, 0.2) is 5.78 Å². The number of allylic oxidation sites excluding steroid dienone is 5. The lowest BCUT2D eigenvalue weighted by Crippen LogP contribution is -2.59. The third-order valence-corrected chi connectivity index (χ3v) is 11.7. The third-order valence-electron chi connectivity index (χ3n) is 11.7. The molecule has 0 aromatic heterocycles. The number of carbonyl (C=O) groups excluding carboxylic acids is 2. The topological polar surface area (TPSA) is 172 Å². The number of hydrogen-bond acceptors (Lipinski definition) is 9. The third kappa shape index (κ3) is 8.21. The van der Waals surface area contributed by atoms with E-state index in [9.17, 15) is 30.0 Å². The van der Waals surface area contributed by atoms with Gasteiger partial charge in [0.05, 0.1) is 24.4 Å². The molecule has 2 aliphatic carbocycles. The zero-order chi connectivity index (χ0) is 37.6. The van der Waals surface area contributed by atoms with Crippen LogP contribution in [0.3, 0.4) is 0 Å². The summed E-state index contributed by atoms with van der Waals surface area (Å²) in [6.45, 7) is 9.97. The number of nitrogens with one attached hydrogen (secondary N) is 1. The van der Waals surface area contributed by atoms with Crippen molar-refractivity contribution in [3.05, 3.63) is 88.1 Å². The molecule has 5 rings (SSSR count). The molecule has 2 saturated carbocycles. The van der Waals surface area contributed by atoms with E-state index >= 15 is 0 Å². The van der Waals surface area contributed by atoms with Crippen molar-refractivity contribution >= 4 is 11.9 Å². The Morgan fingerprint density at radius 1 is 1.21 bits per heavy atom. The van der Waals surface area contributed by atoms with Gasteiger partial charge < -0.3 is 41.0 Å². The van der Waals surface area contributed by atoms with Crippen LogP contribution in [0.5, 0.6) is 5.75 Å². The fraction of sp³-hybridized carbons (Fsp3) is 0.524. The van der Waals surface area contributed by atoms with Crippen molar-refractivity contribution in [2.75, 3.05) is 19.8 Å². The summed E-state index contributed by atoms with van der Waals surface area (Å²) >= 11 is 0. The predicted molar refractivity (Wildman–Crippen MR) is 199 cm³/mol. The van der Waals surface area contributed by atoms with Gasteiger partial charge in [-0.05, 0) is 88.4 Å². The van der Waals surface area contributed by atoms with E-state index in [1.807, 2.05) is 25.2 Å². The van der Waals surface area contributed by atoms with E-state index in [1.54, 1.807) is 38.1 Å². The number of aliphatic hydroxyl groups excluding tert-OH is 3. The van der Waals surface area contributed by atoms with Crippen molar-refractivity contribution in [3.8, 4) is 17.6 Å². The SMILES string of the molecule is C=C1C=CC=C(C2CCC3(C(CCCO)C(=C(C)C(=O)Cc4cccc5c4OC(=O)NC5N)CCC3(C)O)C2O)COCC#CCC(C)=CCC1O. The molecule has 7 unspecified atom stereocenters. The number of Topliss-reactive ketones (excluding diaryl/α,β-unsaturated/α-hetero) is 1. The van der Waals surface area contributed by atoms with E-state index < -0.39 is 35.5 Å². The van der Waals surface area contributed by atoms with Gasteiger partial charge in [0.2, 0.25) is 0 Å². The first-order valence-electron chi connectivity index (χ1n) is 18.3. The molecule has 280 valence electrons. The fourth-order valence-electron chi connectivity index (χ4n) is 8.68. The van der Waals surface area contributed by atoms with Crippen molar-refractivity contribution in [3.63, 3.8) is 0 Å². The molecular formula is C42H54N2O8. The predicted octanol–water partition coefficient (Wildman–Crippen LogP) is 5.02. The van der Waals surface area contributed by atoms with E-state index in [0.29, 0.717) is 73.6 Å². The lowest BCUT2D eigenvalue weighted by atomic mass is 9.52. The van der Waals surface area contributed by atoms with Crippen LogP contribution in [0.4, 0.5) is 4.79 Å². The highest BCUT2D eigenvalue weighted by Crippen LogP contribution is 2.63. The summed E-state index contributed by atoms with van der Waals surface area (Å²) in [6, 6.07) is 5.28. The van der Waals surface area contributed by atoms with Gasteiger partial charge in [0, 0.05) is 41.9 Å². The zero-order valence-corrected chi connectivity index (χ0v) is 30.6. The van der Waals surface area contributed by atoms with Crippen LogP contribution in [0.25, 0.3) is 0 Å². The molecule has 52 heavy (non-hydrogen) atoms. The number of para-hydroxylation sites is 1. The van der Waals surface area contributed by atoms with Gasteiger partial charge in [-0.2, -0.15) is 0 Å². The average molecular weight is 715 g/mol. The van der Waals surface area contributed by atoms with Gasteiger partial charge in [-0.25, -0.2) is 4.79 Å². The Hall–Kier alpha value is -3.82. The van der Waals surface area contributed by atoms with Crippen LogP contribution >= 0.6 is 0 Å². The summed E-state index contributed by atoms with van der Waals surface area (Å²) in [5.41, 5.74) is 8.86. The summed E-state index contributed by atoms with van der Waals surface area (Å²) < 4.78 is 11.5. The van der Waals surface area contributed by atoms with Crippen LogP contribution in [0.1, 0.15) is 89.4 Å². The minimum Gasteiger partial charge on any atom is -0.410 e. The highest BCUT2D eigenvalue weighted by molar-refractivity contribution is 5.97. The number of benzene rings is 1. The van der Waals surface area contributed by atoms with Crippen LogP contribution in [0.15, 0.2) is 76.9 Å². The smallest absolute Gasteiger partial charge is 0.410 e. The first-order chi connectivity index (χ1) is 24.8. The van der Waals surface area contributed by atoms with E-state index in [-0.39, 0.29) is 49.6 Å². The Morgan fingerprint density at radius 2 is 2.00 bits per heavy atom. The first kappa shape index (κ1) is 39.4. The van der Waals surface area contributed by atoms with Crippen molar-refractivity contribution in [1.29, 1.82) is 0 Å². The van der Waals surface area contributed by atoms with Gasteiger partial charge in [-0.3, -0.25) is 4.79 Å². The lowest BCUT2D eigenvalue weighted by molar-refractivity contribution is -0.167. The summed E-state index contributed by atoms with van der Waals surface area (Å²) in [6.07, 6.45) is 8.08. The first-order valence-corrected chi connectivity index (χ1v) is 18.3. The quantitative estimate of drug-likeness (QED) is 0.129. The zero-order valence-electron chi connectivity index (χ0n) is 30.6. The Labute approximate surface area is 307 Å². The minimum atomic E-state index is -1.27. The van der Waals surface area contributed by atoms with Crippen LogP contribution in [-0.2, 0) is 16.0 Å². The second kappa shape index (κ2) is 16.9. The number of ketones is 1. The molecule has 4 aliphatic rings. The minimum absolute atomic E-state index is 0.0190. The Bertz CT molecular complexity index is 1730. The van der Waals surface area contributed by atoms with Gasteiger partial charge in [-0.15, -0.1) is 0 Å². The molecule has 2 aliphatic heterocycles. The molecule has 1 spiro atoms. The summed E-state index contributed by atoms with van der Waals surface area (Å²) in [7, 11) is 0. The molecule has 7 atom stereocenters. The van der Waals surface area contributed by atoms with Crippen molar-refractivity contribution in [1.82, 2.24) is 5.32 Å². The van der Waals surface area contributed by atoms with Crippen molar-refractivity contribution in [2.45, 2.75) is 103 Å². The van der Waals surface area contributed by atoms with Crippen LogP contribution < -0.4 is 15.8 Å². The van der Waals surface area contributed by atoms with E-state index in [1.165, 1.54) is 0 Å². The molecule has 2 heterocycles. The molecule has 7 N–H and O–H groups in total. The Morgan fingerprint density at radius 3 is 2.77 bits per heavy atom. The molecular weight excluding hydrogens is 660 g/mol. The lowest BCUT2D eigenvalue weighted by Gasteiger charge is -2.55. The number of rotatable bonds is 7. The largest absolute Gasteiger partial charge is 0.414 e. The maximum Gasteiger partial charge on any atom is 0.414 e. The van der Waals surface area contributed by atoms with Crippen LogP contribution in [0, 0.1) is 29.1 Å². The molecule has 0 radical (unpaired) electrons. The summed E-state index contributed by atoms with van der Waals surface area (Å²) in [4.78, 5) is 26.2. The molecule has 0 saturated heterocycles. The van der Waals surface area contributed by atoms with E-state index in [4.69, 9.17) is 15.2 Å². The van der Waals surface area contributed by atoms with Gasteiger partial charge in [-0.1, -0.05) is 72.1 Å². The Kier molecular flexibility index (Phi) is 12.8. The molecule has 1 aromatic rings. The van der Waals surface area contributed by atoms with E-state index in [2.05, 4.69) is 23.7 Å². The standard InChI is InChI=1S/C42H54N2O8/c1-26-10-5-6-23-51-25-30(13-7-11-27(2)35(46)17-16-26)32-19-21-42(38(32)48)34(15-9-22-45)31(18-20-41(42,4)50)28(3)36(47)24-29-12-8-14-33-37(29)52-40(49)44-39(33)43/h7-8,11-14,16,32,34-35,38-39,45-46,48,50H,2,9-10,15,17-25,43H2,1,3-4H3,(H,44,49). The van der Waals surface area contributed by atoms with Crippen molar-refractivity contribution in [2.24, 2.45) is 23.0 Å². The maximum atomic E-state index is 14.1. The number of carbonyl (C=O) groups is 2. The van der Waals surface area contributed by atoms with Crippen molar-refractivity contribution < 1.29 is 39.5 Å². The number of ether oxygens (including phenoxy) is 2. The monoisotopic (exact) mass is 714 g/mol. The molecule has 0 bridgehead atoms.